The van der Waals surface area contributed by atoms with E-state index in [9.17, 15) is 9.59 Å². The number of rotatable bonds is 7. The molecule has 0 aliphatic heterocycles. The summed E-state index contributed by atoms with van der Waals surface area (Å²) in [7, 11) is 0. The molecule has 20 heavy (non-hydrogen) atoms. The van der Waals surface area contributed by atoms with E-state index in [1.54, 1.807) is 31.2 Å². The lowest BCUT2D eigenvalue weighted by Crippen LogP contribution is -2.38. The summed E-state index contributed by atoms with van der Waals surface area (Å²) in [5, 5.41) is 2.60. The summed E-state index contributed by atoms with van der Waals surface area (Å²) in [4.78, 5) is 22.5. The minimum atomic E-state index is -0.474. The Kier molecular flexibility index (Phi) is 5.92. The second kappa shape index (κ2) is 7.44. The summed E-state index contributed by atoms with van der Waals surface area (Å²) < 4.78 is 5.37. The molecule has 1 aromatic rings. The van der Waals surface area contributed by atoms with Gasteiger partial charge in [0.25, 0.3) is 5.91 Å². The Morgan fingerprint density at radius 1 is 1.35 bits per heavy atom. The van der Waals surface area contributed by atoms with Crippen molar-refractivity contribution in [3.8, 4) is 5.75 Å². The highest BCUT2D eigenvalue weighted by Gasteiger charge is 2.12. The molecule has 0 radical (unpaired) electrons. The minimum absolute atomic E-state index is 0.0786. The topological polar surface area (TPSA) is 107 Å². The van der Waals surface area contributed by atoms with Gasteiger partial charge in [-0.2, -0.15) is 0 Å². The molecule has 0 fully saturated rings. The van der Waals surface area contributed by atoms with Gasteiger partial charge >= 0.3 is 0 Å². The van der Waals surface area contributed by atoms with Crippen LogP contribution in [0.2, 0.25) is 0 Å². The number of hydrogen-bond acceptors (Lipinski definition) is 4. The van der Waals surface area contributed by atoms with Crippen molar-refractivity contribution in [1.82, 2.24) is 5.32 Å². The Hall–Kier alpha value is -2.15. The van der Waals surface area contributed by atoms with Gasteiger partial charge in [0.1, 0.15) is 10.7 Å². The van der Waals surface area contributed by atoms with Gasteiger partial charge in [0, 0.05) is 12.5 Å². The summed E-state index contributed by atoms with van der Waals surface area (Å²) >= 11 is 4.89. The lowest BCUT2D eigenvalue weighted by atomic mass is 10.2. The highest BCUT2D eigenvalue weighted by atomic mass is 32.1. The fourth-order valence-corrected chi connectivity index (χ4v) is 1.78. The number of hydrogen-bond donors (Lipinski definition) is 3. The van der Waals surface area contributed by atoms with Gasteiger partial charge in [-0.3, -0.25) is 9.59 Å². The van der Waals surface area contributed by atoms with E-state index in [1.807, 2.05) is 0 Å². The van der Waals surface area contributed by atoms with Crippen LogP contribution in [0.3, 0.4) is 0 Å². The molecule has 1 rings (SSSR count). The highest BCUT2D eigenvalue weighted by molar-refractivity contribution is 7.80. The molecular weight excluding hydrogens is 278 g/mol. The van der Waals surface area contributed by atoms with E-state index in [2.05, 4.69) is 5.32 Å². The first kappa shape index (κ1) is 15.9. The third kappa shape index (κ3) is 5.23. The van der Waals surface area contributed by atoms with Gasteiger partial charge < -0.3 is 21.5 Å². The fraction of sp³-hybridized carbons (Fsp3) is 0.308. The molecule has 1 aromatic carbocycles. The minimum Gasteiger partial charge on any atom is -0.483 e. The molecular formula is C13H17N3O3S. The lowest BCUT2D eigenvalue weighted by molar-refractivity contribution is -0.124. The van der Waals surface area contributed by atoms with Crippen LogP contribution in [-0.4, -0.2) is 29.5 Å². The smallest absolute Gasteiger partial charge is 0.258 e. The van der Waals surface area contributed by atoms with E-state index in [1.165, 1.54) is 0 Å². The molecule has 0 heterocycles. The molecule has 0 saturated heterocycles. The van der Waals surface area contributed by atoms with E-state index in [0.29, 0.717) is 11.3 Å². The zero-order valence-electron chi connectivity index (χ0n) is 11.1. The van der Waals surface area contributed by atoms with Crippen molar-refractivity contribution >= 4 is 29.0 Å². The maximum Gasteiger partial charge on any atom is 0.258 e. The molecule has 2 amide bonds. The number of ether oxygens (including phenoxy) is 1. The van der Waals surface area contributed by atoms with E-state index in [4.69, 9.17) is 28.4 Å². The summed E-state index contributed by atoms with van der Waals surface area (Å²) in [5.74, 6) is -0.383. The number of nitrogens with two attached hydrogens (primary N) is 2. The molecule has 0 saturated carbocycles. The van der Waals surface area contributed by atoms with E-state index < -0.39 is 5.91 Å². The number of nitrogens with one attached hydrogen (secondary N) is 1. The predicted octanol–water partition coefficient (Wildman–Crippen LogP) is 0.0797. The van der Waals surface area contributed by atoms with E-state index in [0.717, 1.165) is 0 Å². The zero-order valence-corrected chi connectivity index (χ0v) is 11.9. The predicted molar refractivity (Wildman–Crippen MR) is 79.2 cm³/mol. The molecule has 0 bridgehead atoms. The Morgan fingerprint density at radius 2 is 2.00 bits per heavy atom. The number of primary amides is 1. The maximum absolute atomic E-state index is 11.6. The SMILES string of the molecule is CC(CC(N)=O)NC(=O)COc1ccccc1C(N)=S. The van der Waals surface area contributed by atoms with Crippen LogP contribution in [0, 0.1) is 0 Å². The van der Waals surface area contributed by atoms with Gasteiger partial charge in [0.05, 0.1) is 5.56 Å². The van der Waals surface area contributed by atoms with Crippen molar-refractivity contribution in [2.24, 2.45) is 11.5 Å². The summed E-state index contributed by atoms with van der Waals surface area (Å²) in [6.07, 6.45) is 0.0786. The highest BCUT2D eigenvalue weighted by Crippen LogP contribution is 2.17. The van der Waals surface area contributed by atoms with E-state index >= 15 is 0 Å². The Labute approximate surface area is 122 Å². The number of carbonyl (C=O) groups excluding carboxylic acids is 2. The Bertz CT molecular complexity index is 519. The van der Waals surface area contributed by atoms with Gasteiger partial charge in [-0.15, -0.1) is 0 Å². The average Bonchev–Trinajstić information content (AvgIpc) is 2.35. The molecule has 5 N–H and O–H groups in total. The van der Waals surface area contributed by atoms with Crippen LogP contribution in [0.5, 0.6) is 5.75 Å². The summed E-state index contributed by atoms with van der Waals surface area (Å²) in [5.41, 5.74) is 11.2. The van der Waals surface area contributed by atoms with Crippen LogP contribution in [0.1, 0.15) is 18.9 Å². The van der Waals surface area contributed by atoms with Gasteiger partial charge in [-0.1, -0.05) is 24.4 Å². The molecule has 0 aromatic heterocycles. The van der Waals surface area contributed by atoms with Crippen molar-refractivity contribution < 1.29 is 14.3 Å². The van der Waals surface area contributed by atoms with Crippen LogP contribution >= 0.6 is 12.2 Å². The number of carbonyl (C=O) groups is 2. The standard InChI is InChI=1S/C13H17N3O3S/c1-8(6-11(14)17)16-12(18)7-19-10-5-3-2-4-9(10)13(15)20/h2-5,8H,6-7H2,1H3,(H2,14,17)(H2,15,20)(H,16,18). The zero-order chi connectivity index (χ0) is 15.1. The second-order valence-electron chi connectivity index (χ2n) is 4.29. The van der Waals surface area contributed by atoms with Crippen molar-refractivity contribution in [2.45, 2.75) is 19.4 Å². The number of para-hydroxylation sites is 1. The first-order chi connectivity index (χ1) is 9.40. The summed E-state index contributed by atoms with van der Waals surface area (Å²) in [6.45, 7) is 1.49. The normalized spacial score (nSPS) is 11.4. The van der Waals surface area contributed by atoms with Gasteiger partial charge in [0.2, 0.25) is 5.91 Å². The van der Waals surface area contributed by atoms with Crippen LogP contribution in [0.25, 0.3) is 0 Å². The van der Waals surface area contributed by atoms with Crippen molar-refractivity contribution in [2.75, 3.05) is 6.61 Å². The van der Waals surface area contributed by atoms with Crippen LogP contribution in [-0.2, 0) is 9.59 Å². The second-order valence-corrected chi connectivity index (χ2v) is 4.73. The largest absolute Gasteiger partial charge is 0.483 e. The molecule has 108 valence electrons. The molecule has 1 atom stereocenters. The molecule has 1 unspecified atom stereocenters. The number of thiocarbonyl (C=S) groups is 1. The first-order valence-corrected chi connectivity index (χ1v) is 6.40. The monoisotopic (exact) mass is 295 g/mol. The van der Waals surface area contributed by atoms with Crippen LogP contribution in [0.15, 0.2) is 24.3 Å². The summed E-state index contributed by atoms with van der Waals surface area (Å²) in [6, 6.07) is 6.58. The van der Waals surface area contributed by atoms with Crippen molar-refractivity contribution in [1.29, 1.82) is 0 Å². The Balaban J connectivity index is 2.53. The third-order valence-electron chi connectivity index (χ3n) is 2.43. The average molecular weight is 295 g/mol. The molecule has 7 heteroatoms. The number of benzene rings is 1. The van der Waals surface area contributed by atoms with Crippen molar-refractivity contribution in [3.63, 3.8) is 0 Å². The molecule has 0 spiro atoms. The molecule has 0 aliphatic carbocycles. The Morgan fingerprint density at radius 3 is 2.60 bits per heavy atom. The van der Waals surface area contributed by atoms with Gasteiger partial charge in [-0.05, 0) is 19.1 Å². The molecule has 6 nitrogen and oxygen atoms in total. The van der Waals surface area contributed by atoms with E-state index in [-0.39, 0.29) is 30.0 Å². The fourth-order valence-electron chi connectivity index (χ4n) is 1.61. The lowest BCUT2D eigenvalue weighted by Gasteiger charge is -2.13. The maximum atomic E-state index is 11.6. The van der Waals surface area contributed by atoms with Crippen LogP contribution < -0.4 is 21.5 Å². The van der Waals surface area contributed by atoms with Crippen molar-refractivity contribution in [3.05, 3.63) is 29.8 Å². The van der Waals surface area contributed by atoms with Gasteiger partial charge in [0.15, 0.2) is 6.61 Å². The molecule has 0 aliphatic rings. The first-order valence-electron chi connectivity index (χ1n) is 5.99. The van der Waals surface area contributed by atoms with Gasteiger partial charge in [-0.25, -0.2) is 0 Å². The third-order valence-corrected chi connectivity index (χ3v) is 2.65. The number of amides is 2. The van der Waals surface area contributed by atoms with Crippen LogP contribution in [0.4, 0.5) is 0 Å². The quantitative estimate of drug-likeness (QED) is 0.617.